The van der Waals surface area contributed by atoms with Crippen molar-refractivity contribution in [3.63, 3.8) is 0 Å². The Kier molecular flexibility index (Phi) is 3.74. The zero-order valence-electron chi connectivity index (χ0n) is 10.2. The smallest absolute Gasteiger partial charge is 0.159 e. The lowest BCUT2D eigenvalue weighted by molar-refractivity contribution is 0.222. The van der Waals surface area contributed by atoms with Crippen molar-refractivity contribution in [1.82, 2.24) is 10.2 Å². The van der Waals surface area contributed by atoms with E-state index in [1.807, 2.05) is 14.1 Å². The maximum absolute atomic E-state index is 13.3. The minimum Gasteiger partial charge on any atom is -0.316 e. The first-order valence-electron chi connectivity index (χ1n) is 5.91. The van der Waals surface area contributed by atoms with Crippen LogP contribution in [0.3, 0.4) is 0 Å². The minimum atomic E-state index is -0.782. The lowest BCUT2D eigenvalue weighted by Crippen LogP contribution is -2.29. The van der Waals surface area contributed by atoms with E-state index in [0.717, 1.165) is 25.1 Å². The molecule has 0 saturated carbocycles. The van der Waals surface area contributed by atoms with E-state index in [-0.39, 0.29) is 6.04 Å². The van der Waals surface area contributed by atoms with Gasteiger partial charge < -0.3 is 10.2 Å². The fourth-order valence-corrected chi connectivity index (χ4v) is 2.63. The summed E-state index contributed by atoms with van der Waals surface area (Å²) in [4.78, 5) is 2.07. The van der Waals surface area contributed by atoms with Gasteiger partial charge in [0.1, 0.15) is 0 Å². The second kappa shape index (κ2) is 5.10. The van der Waals surface area contributed by atoms with Crippen LogP contribution in [0.1, 0.15) is 18.0 Å². The molecule has 1 saturated heterocycles. The van der Waals surface area contributed by atoms with Gasteiger partial charge >= 0.3 is 0 Å². The van der Waals surface area contributed by atoms with E-state index in [2.05, 4.69) is 10.2 Å². The summed E-state index contributed by atoms with van der Waals surface area (Å²) in [6, 6.07) is 4.35. The summed E-state index contributed by atoms with van der Waals surface area (Å²) < 4.78 is 26.2. The van der Waals surface area contributed by atoms with Gasteiger partial charge in [0.05, 0.1) is 0 Å². The standard InChI is InChI=1S/C13H18F2N2/c1-17(2)13(10-5-6-16-8-10)9-3-4-11(14)12(15)7-9/h3-4,7,10,13,16H,5-6,8H2,1-2H3. The van der Waals surface area contributed by atoms with E-state index in [1.165, 1.54) is 12.1 Å². The summed E-state index contributed by atoms with van der Waals surface area (Å²) >= 11 is 0. The average molecular weight is 240 g/mol. The van der Waals surface area contributed by atoms with Crippen LogP contribution < -0.4 is 5.32 Å². The van der Waals surface area contributed by atoms with Gasteiger partial charge in [-0.2, -0.15) is 0 Å². The van der Waals surface area contributed by atoms with Crippen molar-refractivity contribution in [2.24, 2.45) is 5.92 Å². The Labute approximate surface area is 101 Å². The predicted molar refractivity (Wildman–Crippen MR) is 63.8 cm³/mol. The molecule has 0 radical (unpaired) electrons. The molecule has 2 atom stereocenters. The molecule has 17 heavy (non-hydrogen) atoms. The second-order valence-corrected chi connectivity index (χ2v) is 4.83. The van der Waals surface area contributed by atoms with Gasteiger partial charge in [-0.25, -0.2) is 8.78 Å². The molecule has 1 N–H and O–H groups in total. The van der Waals surface area contributed by atoms with Gasteiger partial charge in [-0.15, -0.1) is 0 Å². The molecule has 1 heterocycles. The molecule has 1 aliphatic rings. The molecule has 2 rings (SSSR count). The predicted octanol–water partition coefficient (Wildman–Crippen LogP) is 2.18. The van der Waals surface area contributed by atoms with Gasteiger partial charge in [0.25, 0.3) is 0 Å². The van der Waals surface area contributed by atoms with Crippen LogP contribution in [-0.4, -0.2) is 32.1 Å². The molecule has 0 aromatic heterocycles. The second-order valence-electron chi connectivity index (χ2n) is 4.83. The van der Waals surface area contributed by atoms with Crippen molar-refractivity contribution in [3.8, 4) is 0 Å². The summed E-state index contributed by atoms with van der Waals surface area (Å²) in [5.74, 6) is -1.09. The van der Waals surface area contributed by atoms with Crippen molar-refractivity contribution in [3.05, 3.63) is 35.4 Å². The van der Waals surface area contributed by atoms with Crippen molar-refractivity contribution in [2.75, 3.05) is 27.2 Å². The van der Waals surface area contributed by atoms with Crippen molar-refractivity contribution < 1.29 is 8.78 Å². The summed E-state index contributed by atoms with van der Waals surface area (Å²) in [6.07, 6.45) is 1.07. The number of halogens is 2. The van der Waals surface area contributed by atoms with E-state index >= 15 is 0 Å². The van der Waals surface area contributed by atoms with Gasteiger partial charge in [-0.3, -0.25) is 0 Å². The topological polar surface area (TPSA) is 15.3 Å². The van der Waals surface area contributed by atoms with Gasteiger partial charge in [-0.05, 0) is 57.2 Å². The molecular formula is C13H18F2N2. The van der Waals surface area contributed by atoms with Crippen LogP contribution >= 0.6 is 0 Å². The Bertz CT molecular complexity index is 387. The number of benzene rings is 1. The summed E-state index contributed by atoms with van der Waals surface area (Å²) in [7, 11) is 3.95. The number of hydrogen-bond donors (Lipinski definition) is 1. The fourth-order valence-electron chi connectivity index (χ4n) is 2.63. The zero-order valence-corrected chi connectivity index (χ0v) is 10.2. The Morgan fingerprint density at radius 3 is 2.59 bits per heavy atom. The lowest BCUT2D eigenvalue weighted by Gasteiger charge is -2.30. The van der Waals surface area contributed by atoms with Gasteiger partial charge in [0.2, 0.25) is 0 Å². The maximum atomic E-state index is 13.3. The molecule has 2 unspecified atom stereocenters. The highest BCUT2D eigenvalue weighted by atomic mass is 19.2. The highest BCUT2D eigenvalue weighted by Gasteiger charge is 2.28. The van der Waals surface area contributed by atoms with E-state index in [4.69, 9.17) is 0 Å². The largest absolute Gasteiger partial charge is 0.316 e. The fraction of sp³-hybridized carbons (Fsp3) is 0.538. The minimum absolute atomic E-state index is 0.139. The van der Waals surface area contributed by atoms with Crippen LogP contribution in [0, 0.1) is 17.6 Å². The number of nitrogens with one attached hydrogen (secondary N) is 1. The third-order valence-corrected chi connectivity index (χ3v) is 3.39. The number of rotatable bonds is 3. The van der Waals surface area contributed by atoms with Crippen LogP contribution in [0.25, 0.3) is 0 Å². The zero-order chi connectivity index (χ0) is 12.4. The highest BCUT2D eigenvalue weighted by Crippen LogP contribution is 2.31. The first-order valence-corrected chi connectivity index (χ1v) is 5.91. The molecular weight excluding hydrogens is 222 g/mol. The number of hydrogen-bond acceptors (Lipinski definition) is 2. The van der Waals surface area contributed by atoms with Crippen LogP contribution in [0.15, 0.2) is 18.2 Å². The SMILES string of the molecule is CN(C)C(c1ccc(F)c(F)c1)C1CCNC1. The summed E-state index contributed by atoms with van der Waals surface area (Å²) in [6.45, 7) is 1.93. The Hall–Kier alpha value is -1.00. The third kappa shape index (κ3) is 2.64. The first-order chi connectivity index (χ1) is 8.09. The van der Waals surface area contributed by atoms with E-state index in [1.54, 1.807) is 6.07 Å². The van der Waals surface area contributed by atoms with Crippen LogP contribution in [-0.2, 0) is 0 Å². The molecule has 0 spiro atoms. The van der Waals surface area contributed by atoms with Crippen molar-refractivity contribution >= 4 is 0 Å². The molecule has 0 bridgehead atoms. The van der Waals surface area contributed by atoms with Gasteiger partial charge in [0, 0.05) is 6.04 Å². The Morgan fingerprint density at radius 2 is 2.06 bits per heavy atom. The van der Waals surface area contributed by atoms with E-state index < -0.39 is 11.6 Å². The molecule has 94 valence electrons. The van der Waals surface area contributed by atoms with Crippen molar-refractivity contribution in [1.29, 1.82) is 0 Å². The molecule has 4 heteroatoms. The Morgan fingerprint density at radius 1 is 1.29 bits per heavy atom. The van der Waals surface area contributed by atoms with Crippen LogP contribution in [0.4, 0.5) is 8.78 Å². The number of nitrogens with zero attached hydrogens (tertiary/aromatic N) is 1. The van der Waals surface area contributed by atoms with Crippen molar-refractivity contribution in [2.45, 2.75) is 12.5 Å². The van der Waals surface area contributed by atoms with Crippen LogP contribution in [0.2, 0.25) is 0 Å². The average Bonchev–Trinajstić information content (AvgIpc) is 2.76. The summed E-state index contributed by atoms with van der Waals surface area (Å²) in [5.41, 5.74) is 0.850. The molecule has 1 aliphatic heterocycles. The maximum Gasteiger partial charge on any atom is 0.159 e. The third-order valence-electron chi connectivity index (χ3n) is 3.39. The van der Waals surface area contributed by atoms with Gasteiger partial charge in [-0.1, -0.05) is 6.07 Å². The molecule has 2 nitrogen and oxygen atoms in total. The first kappa shape index (κ1) is 12.5. The highest BCUT2D eigenvalue weighted by molar-refractivity contribution is 5.22. The molecule has 0 amide bonds. The molecule has 0 aliphatic carbocycles. The van der Waals surface area contributed by atoms with E-state index in [9.17, 15) is 8.78 Å². The Balaban J connectivity index is 2.28. The normalized spacial score (nSPS) is 22.1. The summed E-state index contributed by atoms with van der Waals surface area (Å²) in [5, 5.41) is 3.31. The monoisotopic (exact) mass is 240 g/mol. The molecule has 1 aromatic rings. The van der Waals surface area contributed by atoms with Crippen LogP contribution in [0.5, 0.6) is 0 Å². The van der Waals surface area contributed by atoms with Gasteiger partial charge in [0.15, 0.2) is 11.6 Å². The quantitative estimate of drug-likeness (QED) is 0.871. The lowest BCUT2D eigenvalue weighted by atomic mass is 9.91. The molecule has 1 fully saturated rings. The molecule has 1 aromatic carbocycles. The van der Waals surface area contributed by atoms with E-state index in [0.29, 0.717) is 5.92 Å².